The van der Waals surface area contributed by atoms with E-state index in [1.54, 1.807) is 0 Å². The molecule has 0 aliphatic rings. The maximum Gasteiger partial charge on any atom is 0.193 e. The number of hydrogen-bond donors (Lipinski definition) is 3. The van der Waals surface area contributed by atoms with Gasteiger partial charge in [0, 0.05) is 5.69 Å². The number of anilines is 1. The molecule has 4 N–H and O–H groups in total. The summed E-state index contributed by atoms with van der Waals surface area (Å²) in [5, 5.41) is 12.9. The molecule has 0 radical (unpaired) electrons. The normalized spacial score (nSPS) is 12.7. The van der Waals surface area contributed by atoms with Crippen LogP contribution in [-0.2, 0) is 6.42 Å². The van der Waals surface area contributed by atoms with Gasteiger partial charge in [0.05, 0.1) is 6.54 Å². The summed E-state index contributed by atoms with van der Waals surface area (Å²) in [6.45, 7) is 2.23. The van der Waals surface area contributed by atoms with Crippen LogP contribution in [-0.4, -0.2) is 30.3 Å². The van der Waals surface area contributed by atoms with Crippen molar-refractivity contribution in [1.29, 1.82) is 0 Å². The van der Waals surface area contributed by atoms with Crippen molar-refractivity contribution in [2.45, 2.75) is 19.4 Å². The Kier molecular flexibility index (Phi) is 6.57. The minimum Gasteiger partial charge on any atom is -0.491 e. The number of halogens is 1. The van der Waals surface area contributed by atoms with Crippen LogP contribution in [0.15, 0.2) is 53.5 Å². The average Bonchev–Trinajstić information content (AvgIpc) is 2.59. The van der Waals surface area contributed by atoms with Gasteiger partial charge >= 0.3 is 0 Å². The molecule has 0 saturated carbocycles. The molecule has 24 heavy (non-hydrogen) atoms. The number of rotatable bonds is 7. The van der Waals surface area contributed by atoms with E-state index < -0.39 is 6.10 Å². The van der Waals surface area contributed by atoms with Crippen LogP contribution in [0.3, 0.4) is 0 Å². The Morgan fingerprint density at radius 3 is 2.75 bits per heavy atom. The number of guanidine groups is 1. The minimum atomic E-state index is -0.808. The number of nitrogens with two attached hydrogens (primary N) is 1. The highest BCUT2D eigenvalue weighted by Crippen LogP contribution is 2.12. The zero-order valence-corrected chi connectivity index (χ0v) is 13.6. The molecule has 0 saturated heterocycles. The lowest BCUT2D eigenvalue weighted by Crippen LogP contribution is -2.27. The molecule has 6 heteroatoms. The Morgan fingerprint density at radius 2 is 2.04 bits per heavy atom. The van der Waals surface area contributed by atoms with Crippen LogP contribution in [0.5, 0.6) is 5.75 Å². The molecular formula is C18H22FN3O2. The van der Waals surface area contributed by atoms with E-state index in [0.717, 1.165) is 12.1 Å². The van der Waals surface area contributed by atoms with Gasteiger partial charge in [0.25, 0.3) is 0 Å². The van der Waals surface area contributed by atoms with Crippen LogP contribution in [0.2, 0.25) is 0 Å². The molecule has 0 aliphatic carbocycles. The van der Waals surface area contributed by atoms with E-state index in [-0.39, 0.29) is 24.9 Å². The Morgan fingerprint density at radius 1 is 1.29 bits per heavy atom. The number of nitrogens with zero attached hydrogens (tertiary/aromatic N) is 1. The summed E-state index contributed by atoms with van der Waals surface area (Å²) in [6.07, 6.45) is 0.129. The lowest BCUT2D eigenvalue weighted by atomic mass is 10.1. The molecule has 0 heterocycles. The maximum atomic E-state index is 12.8. The average molecular weight is 331 g/mol. The van der Waals surface area contributed by atoms with Crippen molar-refractivity contribution < 1.29 is 14.2 Å². The number of nitrogens with one attached hydrogen (secondary N) is 1. The van der Waals surface area contributed by atoms with Gasteiger partial charge < -0.3 is 20.9 Å². The highest BCUT2D eigenvalue weighted by Gasteiger charge is 2.05. The molecule has 0 bridgehead atoms. The van der Waals surface area contributed by atoms with Crippen molar-refractivity contribution in [3.8, 4) is 5.75 Å². The van der Waals surface area contributed by atoms with Gasteiger partial charge in [-0.1, -0.05) is 19.1 Å². The van der Waals surface area contributed by atoms with Crippen LogP contribution >= 0.6 is 0 Å². The fraction of sp³-hybridized carbons (Fsp3) is 0.278. The molecule has 1 unspecified atom stereocenters. The molecule has 2 rings (SSSR count). The zero-order valence-electron chi connectivity index (χ0n) is 13.6. The van der Waals surface area contributed by atoms with E-state index in [1.165, 1.54) is 29.8 Å². The molecule has 0 aromatic heterocycles. The fourth-order valence-corrected chi connectivity index (χ4v) is 2.04. The van der Waals surface area contributed by atoms with Crippen LogP contribution in [0.1, 0.15) is 12.5 Å². The summed E-state index contributed by atoms with van der Waals surface area (Å²) in [5.74, 6) is 0.379. The summed E-state index contributed by atoms with van der Waals surface area (Å²) >= 11 is 0. The molecule has 2 aromatic rings. The second-order valence-corrected chi connectivity index (χ2v) is 5.32. The summed E-state index contributed by atoms with van der Waals surface area (Å²) < 4.78 is 18.1. The highest BCUT2D eigenvalue weighted by atomic mass is 19.1. The highest BCUT2D eigenvalue weighted by molar-refractivity contribution is 5.92. The van der Waals surface area contributed by atoms with Crippen LogP contribution in [0.4, 0.5) is 10.1 Å². The van der Waals surface area contributed by atoms with E-state index in [1.807, 2.05) is 24.3 Å². The standard InChI is InChI=1S/C18H22FN3O2/c1-2-13-4-3-5-15(10-13)22-18(20)21-11-16(23)12-24-17-8-6-14(19)7-9-17/h3-10,16,23H,2,11-12H2,1H3,(H3,20,21,22). The Balaban J connectivity index is 1.79. The fourth-order valence-electron chi connectivity index (χ4n) is 2.04. The number of ether oxygens (including phenoxy) is 1. The van der Waals surface area contributed by atoms with Crippen LogP contribution in [0, 0.1) is 5.82 Å². The van der Waals surface area contributed by atoms with Crippen molar-refractivity contribution in [3.63, 3.8) is 0 Å². The molecule has 0 spiro atoms. The van der Waals surface area contributed by atoms with Gasteiger partial charge in [0.1, 0.15) is 24.3 Å². The van der Waals surface area contributed by atoms with E-state index in [4.69, 9.17) is 10.5 Å². The molecule has 0 fully saturated rings. The first-order chi connectivity index (χ1) is 11.6. The largest absolute Gasteiger partial charge is 0.491 e. The van der Waals surface area contributed by atoms with E-state index in [2.05, 4.69) is 17.2 Å². The predicted octanol–water partition coefficient (Wildman–Crippen LogP) is 2.55. The van der Waals surface area contributed by atoms with Gasteiger partial charge in [-0.3, -0.25) is 4.99 Å². The van der Waals surface area contributed by atoms with E-state index >= 15 is 0 Å². The van der Waals surface area contributed by atoms with Gasteiger partial charge in [-0.05, 0) is 48.4 Å². The summed E-state index contributed by atoms with van der Waals surface area (Å²) in [4.78, 5) is 4.09. The first kappa shape index (κ1) is 17.7. The Hall–Kier alpha value is -2.60. The van der Waals surface area contributed by atoms with Gasteiger partial charge in [0.15, 0.2) is 5.96 Å². The van der Waals surface area contributed by atoms with Crippen molar-refractivity contribution in [3.05, 3.63) is 59.9 Å². The van der Waals surface area contributed by atoms with Crippen molar-refractivity contribution >= 4 is 11.6 Å². The molecule has 1 atom stereocenters. The Bertz CT molecular complexity index is 674. The van der Waals surface area contributed by atoms with Gasteiger partial charge in [0.2, 0.25) is 0 Å². The lowest BCUT2D eigenvalue weighted by molar-refractivity contribution is 0.114. The van der Waals surface area contributed by atoms with Crippen LogP contribution in [0.25, 0.3) is 0 Å². The minimum absolute atomic E-state index is 0.0493. The smallest absolute Gasteiger partial charge is 0.193 e. The second kappa shape index (κ2) is 8.88. The lowest BCUT2D eigenvalue weighted by Gasteiger charge is -2.11. The SMILES string of the molecule is CCc1cccc(NC(N)=NCC(O)COc2ccc(F)cc2)c1. The predicted molar refractivity (Wildman–Crippen MR) is 93.8 cm³/mol. The summed E-state index contributed by atoms with van der Waals surface area (Å²) in [7, 11) is 0. The topological polar surface area (TPSA) is 79.9 Å². The number of aliphatic hydroxyl groups excluding tert-OH is 1. The van der Waals surface area contributed by atoms with E-state index in [9.17, 15) is 9.50 Å². The van der Waals surface area contributed by atoms with Crippen molar-refractivity contribution in [2.24, 2.45) is 10.7 Å². The molecule has 2 aromatic carbocycles. The third-order valence-electron chi connectivity index (χ3n) is 3.34. The number of aliphatic imine (C=N–C) groups is 1. The van der Waals surface area contributed by atoms with Gasteiger partial charge in [-0.2, -0.15) is 0 Å². The summed E-state index contributed by atoms with van der Waals surface area (Å²) in [5.41, 5.74) is 7.86. The molecular weight excluding hydrogens is 309 g/mol. The van der Waals surface area contributed by atoms with Crippen LogP contribution < -0.4 is 15.8 Å². The second-order valence-electron chi connectivity index (χ2n) is 5.32. The number of hydrogen-bond acceptors (Lipinski definition) is 3. The quantitative estimate of drug-likeness (QED) is 0.538. The molecule has 0 aliphatic heterocycles. The molecule has 128 valence electrons. The third kappa shape index (κ3) is 5.89. The monoisotopic (exact) mass is 331 g/mol. The first-order valence-electron chi connectivity index (χ1n) is 7.79. The zero-order chi connectivity index (χ0) is 17.4. The number of benzene rings is 2. The third-order valence-corrected chi connectivity index (χ3v) is 3.34. The molecule has 5 nitrogen and oxygen atoms in total. The Labute approximate surface area is 141 Å². The number of aryl methyl sites for hydroxylation is 1. The van der Waals surface area contributed by atoms with E-state index in [0.29, 0.717) is 5.75 Å². The maximum absolute atomic E-state index is 12.8. The van der Waals surface area contributed by atoms with Crippen molar-refractivity contribution in [2.75, 3.05) is 18.5 Å². The number of aliphatic hydroxyl groups is 1. The van der Waals surface area contributed by atoms with Crippen molar-refractivity contribution in [1.82, 2.24) is 0 Å². The summed E-state index contributed by atoms with van der Waals surface area (Å²) in [6, 6.07) is 13.5. The first-order valence-corrected chi connectivity index (χ1v) is 7.79. The van der Waals surface area contributed by atoms with Gasteiger partial charge in [-0.15, -0.1) is 0 Å². The molecule has 0 amide bonds. The van der Waals surface area contributed by atoms with Gasteiger partial charge in [-0.25, -0.2) is 4.39 Å².